The molecule has 2 rings (SSSR count). The van der Waals surface area contributed by atoms with Gasteiger partial charge in [0, 0.05) is 28.1 Å². The quantitative estimate of drug-likeness (QED) is 0.630. The minimum atomic E-state index is -4.69. The number of nitrogens with one attached hydrogen (secondary N) is 1. The van der Waals surface area contributed by atoms with Crippen molar-refractivity contribution in [1.29, 1.82) is 0 Å². The molecule has 1 N–H and O–H groups in total. The van der Waals surface area contributed by atoms with Gasteiger partial charge in [-0.3, -0.25) is 0 Å². The number of hydrogen-bond acceptors (Lipinski definition) is 2. The lowest BCUT2D eigenvalue weighted by Gasteiger charge is -2.22. The molecule has 1 atom stereocenters. The van der Waals surface area contributed by atoms with E-state index in [1.54, 1.807) is 18.3 Å². The van der Waals surface area contributed by atoms with Crippen LogP contribution in [0.3, 0.4) is 0 Å². The summed E-state index contributed by atoms with van der Waals surface area (Å²) < 4.78 is 69.2. The van der Waals surface area contributed by atoms with Gasteiger partial charge in [0.15, 0.2) is 0 Å². The summed E-state index contributed by atoms with van der Waals surface area (Å²) >= 11 is 3.40. The Kier molecular flexibility index (Phi) is 6.69. The summed E-state index contributed by atoms with van der Waals surface area (Å²) in [6, 6.07) is 3.22. The van der Waals surface area contributed by atoms with Crippen molar-refractivity contribution in [3.8, 4) is 0 Å². The van der Waals surface area contributed by atoms with Gasteiger partial charge < -0.3 is 4.57 Å². The van der Waals surface area contributed by atoms with Crippen LogP contribution in [0.25, 0.3) is 10.9 Å². The van der Waals surface area contributed by atoms with Crippen molar-refractivity contribution in [2.75, 3.05) is 0 Å². The fraction of sp³-hybridized carbons (Fsp3) is 0.556. The second kappa shape index (κ2) is 8.13. The van der Waals surface area contributed by atoms with Gasteiger partial charge >= 0.3 is 6.18 Å². The number of benzene rings is 1. The monoisotopic (exact) mass is 468 g/mol. The molecule has 0 aliphatic rings. The topological polar surface area (TPSA) is 51.1 Å². The second-order valence-electron chi connectivity index (χ2n) is 7.37. The molecule has 1 unspecified atom stereocenters. The normalized spacial score (nSPS) is 14.4. The Morgan fingerprint density at radius 1 is 1.19 bits per heavy atom. The number of hydrogen-bond donors (Lipinski definition) is 1. The molecule has 0 saturated carbocycles. The summed E-state index contributed by atoms with van der Waals surface area (Å²) in [4.78, 5) is 0. The molecule has 0 fully saturated rings. The summed E-state index contributed by atoms with van der Waals surface area (Å²) in [5.74, 6) is 0.310. The first-order chi connectivity index (χ1) is 12.3. The zero-order valence-corrected chi connectivity index (χ0v) is 18.0. The molecular weight excluding hydrogens is 445 g/mol. The molecule has 0 radical (unpaired) electrons. The summed E-state index contributed by atoms with van der Waals surface area (Å²) in [5, 5.41) is -0.252. The van der Waals surface area contributed by atoms with Gasteiger partial charge in [0.2, 0.25) is 10.0 Å². The molecule has 9 heteroatoms. The van der Waals surface area contributed by atoms with Gasteiger partial charge in [-0.25, -0.2) is 13.1 Å². The van der Waals surface area contributed by atoms with Crippen molar-refractivity contribution in [3.05, 3.63) is 34.4 Å². The van der Waals surface area contributed by atoms with Crippen LogP contribution in [0.2, 0.25) is 0 Å². The molecule has 1 aromatic heterocycles. The third-order valence-corrected chi connectivity index (χ3v) is 6.58. The number of alkyl halides is 3. The Hall–Kier alpha value is -1.06. The maximum atomic E-state index is 13.5. The standard InChI is InChI=1S/C18H24BrF3N2O2S/c1-11(2)9-24-10-13(15-6-5-14(19)8-16(15)24)7-17(18(20,21)22)23-27(25,26)12(3)4/h5-6,8,10-12,17,23H,7,9H2,1-4H3. The molecule has 1 heterocycles. The van der Waals surface area contributed by atoms with E-state index in [1.165, 1.54) is 13.8 Å². The third kappa shape index (κ3) is 5.48. The van der Waals surface area contributed by atoms with E-state index in [2.05, 4.69) is 15.9 Å². The number of nitrogens with zero attached hydrogens (tertiary/aromatic N) is 1. The van der Waals surface area contributed by atoms with E-state index in [0.717, 1.165) is 9.99 Å². The van der Waals surface area contributed by atoms with E-state index in [-0.39, 0.29) is 0 Å². The predicted octanol–water partition coefficient (Wildman–Crippen LogP) is 4.86. The van der Waals surface area contributed by atoms with Crippen LogP contribution in [-0.2, 0) is 23.0 Å². The molecule has 2 aromatic rings. The average Bonchev–Trinajstić information content (AvgIpc) is 2.81. The first-order valence-corrected chi connectivity index (χ1v) is 11.0. The molecule has 0 saturated heterocycles. The van der Waals surface area contributed by atoms with Crippen molar-refractivity contribution in [3.63, 3.8) is 0 Å². The maximum absolute atomic E-state index is 13.5. The zero-order chi connectivity index (χ0) is 20.6. The van der Waals surface area contributed by atoms with Crippen LogP contribution in [0.1, 0.15) is 33.3 Å². The molecule has 0 amide bonds. The Balaban J connectivity index is 2.47. The molecule has 0 aliphatic heterocycles. The smallest absolute Gasteiger partial charge is 0.347 e. The van der Waals surface area contributed by atoms with Gasteiger partial charge in [0.1, 0.15) is 6.04 Å². The minimum Gasteiger partial charge on any atom is -0.347 e. The van der Waals surface area contributed by atoms with Crippen molar-refractivity contribution < 1.29 is 21.6 Å². The summed E-state index contributed by atoms with van der Waals surface area (Å²) in [7, 11) is -4.06. The van der Waals surface area contributed by atoms with Gasteiger partial charge in [-0.15, -0.1) is 0 Å². The van der Waals surface area contributed by atoms with Crippen LogP contribution in [0.15, 0.2) is 28.9 Å². The number of sulfonamides is 1. The van der Waals surface area contributed by atoms with Gasteiger partial charge in [-0.1, -0.05) is 35.8 Å². The summed E-state index contributed by atoms with van der Waals surface area (Å²) in [6.45, 7) is 7.41. The van der Waals surface area contributed by atoms with E-state index in [0.29, 0.717) is 23.4 Å². The molecule has 1 aromatic carbocycles. The SMILES string of the molecule is CC(C)Cn1cc(CC(NS(=O)(=O)C(C)C)C(F)(F)F)c2ccc(Br)cc21. The predicted molar refractivity (Wildman–Crippen MR) is 105 cm³/mol. The zero-order valence-electron chi connectivity index (χ0n) is 15.6. The maximum Gasteiger partial charge on any atom is 0.405 e. The Bertz CT molecular complexity index is 905. The fourth-order valence-electron chi connectivity index (χ4n) is 2.83. The van der Waals surface area contributed by atoms with Gasteiger partial charge in [0.25, 0.3) is 0 Å². The van der Waals surface area contributed by atoms with Gasteiger partial charge in [-0.2, -0.15) is 13.2 Å². The number of fused-ring (bicyclic) bond motifs is 1. The summed E-state index contributed by atoms with van der Waals surface area (Å²) in [5.41, 5.74) is 1.28. The van der Waals surface area contributed by atoms with Gasteiger partial charge in [-0.05, 0) is 43.9 Å². The van der Waals surface area contributed by atoms with E-state index in [4.69, 9.17) is 0 Å². The molecule has 27 heavy (non-hydrogen) atoms. The first kappa shape index (κ1) is 22.2. The lowest BCUT2D eigenvalue weighted by Crippen LogP contribution is -2.48. The van der Waals surface area contributed by atoms with Crippen molar-refractivity contribution >= 4 is 36.9 Å². The molecule has 0 spiro atoms. The molecular formula is C18H24BrF3N2O2S. The third-order valence-electron chi connectivity index (χ3n) is 4.23. The number of halogens is 4. The molecule has 0 aliphatic carbocycles. The fourth-order valence-corrected chi connectivity index (χ4v) is 4.06. The van der Waals surface area contributed by atoms with E-state index in [9.17, 15) is 21.6 Å². The number of rotatable bonds is 7. The summed E-state index contributed by atoms with van der Waals surface area (Å²) in [6.07, 6.45) is -3.46. The second-order valence-corrected chi connectivity index (χ2v) is 10.6. The highest BCUT2D eigenvalue weighted by Gasteiger charge is 2.42. The van der Waals surface area contributed by atoms with Crippen LogP contribution >= 0.6 is 15.9 Å². The van der Waals surface area contributed by atoms with Crippen molar-refractivity contribution in [1.82, 2.24) is 9.29 Å². The first-order valence-electron chi connectivity index (χ1n) is 8.66. The highest BCUT2D eigenvalue weighted by Crippen LogP contribution is 2.30. The molecule has 0 bridgehead atoms. The average molecular weight is 469 g/mol. The van der Waals surface area contributed by atoms with E-state index >= 15 is 0 Å². The molecule has 152 valence electrons. The van der Waals surface area contributed by atoms with Crippen LogP contribution in [0.4, 0.5) is 13.2 Å². The van der Waals surface area contributed by atoms with Crippen molar-refractivity contribution in [2.45, 2.75) is 58.1 Å². The van der Waals surface area contributed by atoms with Crippen LogP contribution < -0.4 is 4.72 Å². The lowest BCUT2D eigenvalue weighted by molar-refractivity contribution is -0.150. The Morgan fingerprint density at radius 3 is 2.33 bits per heavy atom. The van der Waals surface area contributed by atoms with E-state index < -0.39 is 33.9 Å². The highest BCUT2D eigenvalue weighted by atomic mass is 79.9. The van der Waals surface area contributed by atoms with Gasteiger partial charge in [0.05, 0.1) is 5.25 Å². The minimum absolute atomic E-state index is 0.310. The Labute approximate surface area is 166 Å². The van der Waals surface area contributed by atoms with Crippen molar-refractivity contribution in [2.24, 2.45) is 5.92 Å². The Morgan fingerprint density at radius 2 is 1.81 bits per heavy atom. The highest BCUT2D eigenvalue weighted by molar-refractivity contribution is 9.10. The van der Waals surface area contributed by atoms with Crippen LogP contribution in [0.5, 0.6) is 0 Å². The van der Waals surface area contributed by atoms with Crippen LogP contribution in [0, 0.1) is 5.92 Å². The lowest BCUT2D eigenvalue weighted by atomic mass is 10.1. The van der Waals surface area contributed by atoms with E-state index in [1.807, 2.05) is 29.2 Å². The van der Waals surface area contributed by atoms with Crippen LogP contribution in [-0.4, -0.2) is 30.5 Å². The largest absolute Gasteiger partial charge is 0.405 e. The molecule has 4 nitrogen and oxygen atoms in total. The number of aromatic nitrogens is 1.